The molecule has 0 fully saturated rings. The van der Waals surface area contributed by atoms with Gasteiger partial charge in [-0.05, 0) is 50.5 Å². The SMILES string of the molecule is C=C(C)c1ccc(/C(C)=C(C)/C=C\C)c(F)c1. The van der Waals surface area contributed by atoms with Crippen LogP contribution in [0.3, 0.4) is 0 Å². The van der Waals surface area contributed by atoms with Crippen molar-refractivity contribution in [3.05, 3.63) is 59.4 Å². The molecule has 0 unspecified atom stereocenters. The largest absolute Gasteiger partial charge is 0.206 e. The highest BCUT2D eigenvalue weighted by Crippen LogP contribution is 2.24. The van der Waals surface area contributed by atoms with Gasteiger partial charge in [-0.3, -0.25) is 0 Å². The summed E-state index contributed by atoms with van der Waals surface area (Å²) in [5, 5.41) is 0. The van der Waals surface area contributed by atoms with Crippen LogP contribution in [-0.4, -0.2) is 0 Å². The third-order valence-electron chi connectivity index (χ3n) is 2.87. The summed E-state index contributed by atoms with van der Waals surface area (Å²) < 4.78 is 14.0. The molecule has 0 N–H and O–H groups in total. The summed E-state index contributed by atoms with van der Waals surface area (Å²) in [6, 6.07) is 5.28. The van der Waals surface area contributed by atoms with Gasteiger partial charge in [0.05, 0.1) is 0 Å². The summed E-state index contributed by atoms with van der Waals surface area (Å²) in [5.41, 5.74) is 4.43. The first kappa shape index (κ1) is 13.4. The van der Waals surface area contributed by atoms with E-state index in [-0.39, 0.29) is 5.82 Å². The van der Waals surface area contributed by atoms with Gasteiger partial charge in [0.25, 0.3) is 0 Å². The molecular weight excluding hydrogens is 211 g/mol. The highest BCUT2D eigenvalue weighted by molar-refractivity contribution is 5.71. The molecule has 1 heteroatoms. The van der Waals surface area contributed by atoms with Gasteiger partial charge in [0.2, 0.25) is 0 Å². The van der Waals surface area contributed by atoms with Crippen molar-refractivity contribution >= 4 is 11.1 Å². The topological polar surface area (TPSA) is 0 Å². The second-order valence-corrected chi connectivity index (χ2v) is 4.28. The van der Waals surface area contributed by atoms with Gasteiger partial charge >= 0.3 is 0 Å². The Morgan fingerprint density at radius 1 is 1.24 bits per heavy atom. The molecule has 1 aromatic rings. The van der Waals surface area contributed by atoms with Gasteiger partial charge in [-0.1, -0.05) is 36.4 Å². The van der Waals surface area contributed by atoms with Crippen LogP contribution in [0.1, 0.15) is 38.8 Å². The molecule has 0 aliphatic carbocycles. The standard InChI is InChI=1S/C16H19F/c1-6-7-12(4)13(5)15-9-8-14(11(2)3)10-16(15)17/h6-10H,2H2,1,3-5H3/b7-6-,13-12+. The van der Waals surface area contributed by atoms with Crippen LogP contribution in [0.4, 0.5) is 4.39 Å². The van der Waals surface area contributed by atoms with Crippen molar-refractivity contribution in [2.75, 3.05) is 0 Å². The highest BCUT2D eigenvalue weighted by atomic mass is 19.1. The highest BCUT2D eigenvalue weighted by Gasteiger charge is 2.07. The summed E-state index contributed by atoms with van der Waals surface area (Å²) in [4.78, 5) is 0. The lowest BCUT2D eigenvalue weighted by atomic mass is 9.98. The predicted molar refractivity (Wildman–Crippen MR) is 74.2 cm³/mol. The van der Waals surface area contributed by atoms with E-state index in [0.29, 0.717) is 5.56 Å². The normalized spacial score (nSPS) is 12.8. The number of benzene rings is 1. The van der Waals surface area contributed by atoms with E-state index in [2.05, 4.69) is 6.58 Å². The third kappa shape index (κ3) is 3.16. The minimum absolute atomic E-state index is 0.188. The first-order chi connectivity index (χ1) is 7.97. The van der Waals surface area contributed by atoms with E-state index in [0.717, 1.165) is 22.3 Å². The summed E-state index contributed by atoms with van der Waals surface area (Å²) in [6.07, 6.45) is 3.94. The minimum atomic E-state index is -0.188. The molecule has 0 radical (unpaired) electrons. The maximum atomic E-state index is 14.0. The molecular formula is C16H19F. The van der Waals surface area contributed by atoms with Crippen LogP contribution < -0.4 is 0 Å². The Hall–Kier alpha value is -1.63. The Morgan fingerprint density at radius 3 is 2.35 bits per heavy atom. The van der Waals surface area contributed by atoms with Gasteiger partial charge in [0.15, 0.2) is 0 Å². The third-order valence-corrected chi connectivity index (χ3v) is 2.87. The molecule has 0 spiro atoms. The van der Waals surface area contributed by atoms with Crippen molar-refractivity contribution in [1.82, 2.24) is 0 Å². The number of hydrogen-bond donors (Lipinski definition) is 0. The fourth-order valence-electron chi connectivity index (χ4n) is 1.67. The zero-order valence-electron chi connectivity index (χ0n) is 11.0. The summed E-state index contributed by atoms with van der Waals surface area (Å²) in [6.45, 7) is 11.6. The zero-order valence-corrected chi connectivity index (χ0v) is 11.0. The predicted octanol–water partition coefficient (Wildman–Crippen LogP) is 5.23. The van der Waals surface area contributed by atoms with E-state index in [1.165, 1.54) is 0 Å². The lowest BCUT2D eigenvalue weighted by Gasteiger charge is -2.08. The molecule has 1 aromatic carbocycles. The van der Waals surface area contributed by atoms with E-state index >= 15 is 0 Å². The van der Waals surface area contributed by atoms with E-state index in [4.69, 9.17) is 0 Å². The molecule has 0 bridgehead atoms. The molecule has 0 heterocycles. The lowest BCUT2D eigenvalue weighted by Crippen LogP contribution is -1.91. The maximum Gasteiger partial charge on any atom is 0.131 e. The number of allylic oxidation sites excluding steroid dienone is 5. The molecule has 90 valence electrons. The fourth-order valence-corrected chi connectivity index (χ4v) is 1.67. The van der Waals surface area contributed by atoms with Crippen LogP contribution >= 0.6 is 0 Å². The van der Waals surface area contributed by atoms with E-state index < -0.39 is 0 Å². The van der Waals surface area contributed by atoms with Gasteiger partial charge in [0.1, 0.15) is 5.82 Å². The average Bonchev–Trinajstić information content (AvgIpc) is 2.28. The summed E-state index contributed by atoms with van der Waals surface area (Å²) in [5.74, 6) is -0.188. The molecule has 0 saturated carbocycles. The maximum absolute atomic E-state index is 14.0. The second-order valence-electron chi connectivity index (χ2n) is 4.28. The van der Waals surface area contributed by atoms with E-state index in [1.807, 2.05) is 52.0 Å². The van der Waals surface area contributed by atoms with E-state index in [1.54, 1.807) is 6.07 Å². The molecule has 0 nitrogen and oxygen atoms in total. The molecule has 0 aromatic heterocycles. The Kier molecular flexibility index (Phi) is 4.45. The number of halogens is 1. The zero-order chi connectivity index (χ0) is 13.0. The van der Waals surface area contributed by atoms with Crippen molar-refractivity contribution in [2.45, 2.75) is 27.7 Å². The molecule has 0 saturated heterocycles. The molecule has 0 amide bonds. The smallest absolute Gasteiger partial charge is 0.131 e. The second kappa shape index (κ2) is 5.62. The van der Waals surface area contributed by atoms with Crippen molar-refractivity contribution < 1.29 is 4.39 Å². The van der Waals surface area contributed by atoms with Gasteiger partial charge in [-0.15, -0.1) is 0 Å². The van der Waals surface area contributed by atoms with Gasteiger partial charge < -0.3 is 0 Å². The number of rotatable bonds is 3. The lowest BCUT2D eigenvalue weighted by molar-refractivity contribution is 0.623. The van der Waals surface area contributed by atoms with Crippen LogP contribution in [0.25, 0.3) is 11.1 Å². The quantitative estimate of drug-likeness (QED) is 0.624. The van der Waals surface area contributed by atoms with Crippen LogP contribution in [-0.2, 0) is 0 Å². The first-order valence-electron chi connectivity index (χ1n) is 5.73. The van der Waals surface area contributed by atoms with Crippen molar-refractivity contribution in [3.63, 3.8) is 0 Å². The van der Waals surface area contributed by atoms with Crippen LogP contribution in [0, 0.1) is 5.82 Å². The summed E-state index contributed by atoms with van der Waals surface area (Å²) >= 11 is 0. The molecule has 0 aliphatic heterocycles. The van der Waals surface area contributed by atoms with Crippen LogP contribution in [0.15, 0.2) is 42.5 Å². The van der Waals surface area contributed by atoms with E-state index in [9.17, 15) is 4.39 Å². The Bertz CT molecular complexity index is 490. The molecule has 0 atom stereocenters. The van der Waals surface area contributed by atoms with Crippen LogP contribution in [0.5, 0.6) is 0 Å². The van der Waals surface area contributed by atoms with Crippen molar-refractivity contribution in [3.8, 4) is 0 Å². The summed E-state index contributed by atoms with van der Waals surface area (Å²) in [7, 11) is 0. The van der Waals surface area contributed by atoms with Crippen LogP contribution in [0.2, 0.25) is 0 Å². The van der Waals surface area contributed by atoms with Crippen molar-refractivity contribution in [1.29, 1.82) is 0 Å². The first-order valence-corrected chi connectivity index (χ1v) is 5.73. The number of hydrogen-bond acceptors (Lipinski definition) is 0. The average molecular weight is 230 g/mol. The Balaban J connectivity index is 3.25. The molecule has 17 heavy (non-hydrogen) atoms. The Labute approximate surface area is 103 Å². The van der Waals surface area contributed by atoms with Crippen molar-refractivity contribution in [2.24, 2.45) is 0 Å². The molecule has 0 aliphatic rings. The fraction of sp³-hybridized carbons (Fsp3) is 0.250. The van der Waals surface area contributed by atoms with Gasteiger partial charge in [0, 0.05) is 5.56 Å². The van der Waals surface area contributed by atoms with Gasteiger partial charge in [-0.2, -0.15) is 0 Å². The monoisotopic (exact) mass is 230 g/mol. The minimum Gasteiger partial charge on any atom is -0.206 e. The Morgan fingerprint density at radius 2 is 1.88 bits per heavy atom. The molecule has 1 rings (SSSR count). The van der Waals surface area contributed by atoms with Gasteiger partial charge in [-0.25, -0.2) is 4.39 Å².